The normalized spacial score (nSPS) is 11.5. The summed E-state index contributed by atoms with van der Waals surface area (Å²) in [7, 11) is -1.56. The van der Waals surface area contributed by atoms with Gasteiger partial charge in [0.05, 0.1) is 30.2 Å². The van der Waals surface area contributed by atoms with Crippen LogP contribution in [-0.2, 0) is 14.6 Å². The van der Waals surface area contributed by atoms with E-state index in [1.165, 1.54) is 30.7 Å². The fourth-order valence-electron chi connectivity index (χ4n) is 3.08. The van der Waals surface area contributed by atoms with Crippen molar-refractivity contribution < 1.29 is 22.7 Å². The van der Waals surface area contributed by atoms with Crippen LogP contribution in [0.4, 0.5) is 5.69 Å². The van der Waals surface area contributed by atoms with E-state index in [9.17, 15) is 13.2 Å². The Kier molecular flexibility index (Phi) is 8.83. The molecule has 0 saturated carbocycles. The molecule has 12 heteroatoms. The summed E-state index contributed by atoms with van der Waals surface area (Å²) in [5.41, 5.74) is 2.07. The van der Waals surface area contributed by atoms with Crippen molar-refractivity contribution in [1.29, 1.82) is 0 Å². The van der Waals surface area contributed by atoms with Crippen LogP contribution >= 0.6 is 11.6 Å². The minimum atomic E-state index is -3.05. The summed E-state index contributed by atoms with van der Waals surface area (Å²) in [6, 6.07) is 6.83. The van der Waals surface area contributed by atoms with E-state index in [1.54, 1.807) is 36.0 Å². The molecule has 10 nitrogen and oxygen atoms in total. The minimum Gasteiger partial charge on any atom is -0.493 e. The van der Waals surface area contributed by atoms with E-state index >= 15 is 0 Å². The number of hydrogen-bond acceptors (Lipinski definition) is 8. The average molecular weight is 520 g/mol. The Morgan fingerprint density at radius 3 is 2.60 bits per heavy atom. The first-order chi connectivity index (χ1) is 16.8. The number of carbonyl (C=O) groups excluding carboxylic acids is 1. The zero-order chi connectivity index (χ0) is 25.4. The number of aromatic nitrogens is 3. The molecule has 0 unspecified atom stereocenters. The highest BCUT2D eigenvalue weighted by molar-refractivity contribution is 7.91. The smallest absolute Gasteiger partial charge is 0.219 e. The maximum atomic E-state index is 11.8. The number of carbonyl (C=O) groups is 1. The molecular weight excluding hydrogens is 494 g/mol. The summed E-state index contributed by atoms with van der Waals surface area (Å²) < 4.78 is 35.9. The van der Waals surface area contributed by atoms with Crippen molar-refractivity contribution >= 4 is 39.9 Å². The number of aryl methyl sites for hydroxylation is 1. The molecular formula is C23H26ClN5O5S. The quantitative estimate of drug-likeness (QED) is 0.155. The fourth-order valence-corrected chi connectivity index (χ4v) is 4.02. The lowest BCUT2D eigenvalue weighted by molar-refractivity contribution is -0.106. The van der Waals surface area contributed by atoms with Crippen molar-refractivity contribution in [2.75, 3.05) is 30.1 Å². The molecule has 0 N–H and O–H groups in total. The largest absolute Gasteiger partial charge is 0.493 e. The molecule has 2 aromatic heterocycles. The summed E-state index contributed by atoms with van der Waals surface area (Å²) in [5.74, 6) is 1.52. The molecule has 35 heavy (non-hydrogen) atoms. The van der Waals surface area contributed by atoms with E-state index in [0.29, 0.717) is 40.9 Å². The molecule has 0 bridgehead atoms. The SMILES string of the molecule is CCS(=O)(=O)CCCOc1ccc(N(C=O)/C=N\n2cc(-c3ncc(Cl)cn3)cc2C)cc1OC. The highest BCUT2D eigenvalue weighted by atomic mass is 35.5. The minimum absolute atomic E-state index is 0.0595. The lowest BCUT2D eigenvalue weighted by Gasteiger charge is -2.16. The van der Waals surface area contributed by atoms with Gasteiger partial charge >= 0.3 is 0 Å². The van der Waals surface area contributed by atoms with E-state index in [0.717, 1.165) is 11.3 Å². The van der Waals surface area contributed by atoms with E-state index in [4.69, 9.17) is 21.1 Å². The van der Waals surface area contributed by atoms with Crippen LogP contribution in [0.5, 0.6) is 11.5 Å². The molecule has 3 rings (SSSR count). The van der Waals surface area contributed by atoms with E-state index in [1.807, 2.05) is 13.0 Å². The molecule has 1 aromatic carbocycles. The molecule has 186 valence electrons. The van der Waals surface area contributed by atoms with Crippen LogP contribution in [0.25, 0.3) is 11.4 Å². The molecule has 0 aliphatic rings. The Hall–Kier alpha value is -3.44. The van der Waals surface area contributed by atoms with Gasteiger partial charge < -0.3 is 9.47 Å². The molecule has 0 aliphatic carbocycles. The molecule has 0 saturated heterocycles. The van der Waals surface area contributed by atoms with Gasteiger partial charge in [-0.15, -0.1) is 0 Å². The molecule has 0 atom stereocenters. The molecule has 0 aliphatic heterocycles. The van der Waals surface area contributed by atoms with Crippen molar-refractivity contribution in [1.82, 2.24) is 14.6 Å². The third kappa shape index (κ3) is 7.03. The number of hydrogen-bond donors (Lipinski definition) is 0. The van der Waals surface area contributed by atoms with E-state index in [2.05, 4.69) is 15.1 Å². The third-order valence-electron chi connectivity index (χ3n) is 5.02. The second-order valence-corrected chi connectivity index (χ2v) is 10.4. The number of halogens is 1. The monoisotopic (exact) mass is 519 g/mol. The Morgan fingerprint density at radius 1 is 1.20 bits per heavy atom. The lowest BCUT2D eigenvalue weighted by atomic mass is 10.2. The van der Waals surface area contributed by atoms with Crippen LogP contribution in [0.2, 0.25) is 5.02 Å². The maximum Gasteiger partial charge on any atom is 0.219 e. The molecule has 2 heterocycles. The summed E-state index contributed by atoms with van der Waals surface area (Å²) in [4.78, 5) is 21.4. The Morgan fingerprint density at radius 2 is 1.94 bits per heavy atom. The lowest BCUT2D eigenvalue weighted by Crippen LogP contribution is -2.19. The third-order valence-corrected chi connectivity index (χ3v) is 7.01. The Balaban J connectivity index is 1.71. The zero-order valence-electron chi connectivity index (χ0n) is 19.6. The van der Waals surface area contributed by atoms with Gasteiger partial charge in [0.2, 0.25) is 6.41 Å². The van der Waals surface area contributed by atoms with Crippen molar-refractivity contribution in [2.45, 2.75) is 20.3 Å². The van der Waals surface area contributed by atoms with Crippen molar-refractivity contribution in [2.24, 2.45) is 5.10 Å². The van der Waals surface area contributed by atoms with Gasteiger partial charge in [-0.05, 0) is 31.5 Å². The number of amides is 1. The van der Waals surface area contributed by atoms with Gasteiger partial charge in [-0.2, -0.15) is 5.10 Å². The summed E-state index contributed by atoms with van der Waals surface area (Å²) in [6.07, 6.45) is 7.14. The van der Waals surface area contributed by atoms with Crippen LogP contribution < -0.4 is 14.4 Å². The zero-order valence-corrected chi connectivity index (χ0v) is 21.2. The van der Waals surface area contributed by atoms with Gasteiger partial charge in [0.1, 0.15) is 16.2 Å². The van der Waals surface area contributed by atoms with Crippen LogP contribution in [0, 0.1) is 6.92 Å². The number of rotatable bonds is 12. The van der Waals surface area contributed by atoms with Crippen LogP contribution in [-0.4, -0.2) is 61.0 Å². The number of ether oxygens (including phenoxy) is 2. The van der Waals surface area contributed by atoms with Crippen molar-refractivity contribution in [3.8, 4) is 22.9 Å². The molecule has 1 amide bonds. The second kappa shape index (κ2) is 11.8. The predicted octanol–water partition coefficient (Wildman–Crippen LogP) is 3.57. The number of anilines is 1. The molecule has 3 aromatic rings. The van der Waals surface area contributed by atoms with Gasteiger partial charge in [-0.25, -0.2) is 23.1 Å². The topological polar surface area (TPSA) is 116 Å². The van der Waals surface area contributed by atoms with Crippen molar-refractivity contribution in [3.63, 3.8) is 0 Å². The number of sulfone groups is 1. The summed E-state index contributed by atoms with van der Waals surface area (Å²) in [5, 5.41) is 4.81. The summed E-state index contributed by atoms with van der Waals surface area (Å²) in [6.45, 7) is 3.70. The van der Waals surface area contributed by atoms with Crippen LogP contribution in [0.3, 0.4) is 0 Å². The van der Waals surface area contributed by atoms with E-state index < -0.39 is 9.84 Å². The average Bonchev–Trinajstić information content (AvgIpc) is 3.23. The molecule has 0 fully saturated rings. The highest BCUT2D eigenvalue weighted by Crippen LogP contribution is 2.31. The number of methoxy groups -OCH3 is 1. The molecule has 0 spiro atoms. The van der Waals surface area contributed by atoms with Gasteiger partial charge in [0, 0.05) is 41.7 Å². The van der Waals surface area contributed by atoms with Gasteiger partial charge in [-0.3, -0.25) is 9.69 Å². The molecule has 0 radical (unpaired) electrons. The first kappa shape index (κ1) is 26.2. The van der Waals surface area contributed by atoms with Crippen LogP contribution in [0.15, 0.2) is 48.0 Å². The predicted molar refractivity (Wildman–Crippen MR) is 135 cm³/mol. The van der Waals surface area contributed by atoms with Gasteiger partial charge in [0.15, 0.2) is 17.3 Å². The second-order valence-electron chi connectivity index (χ2n) is 7.46. The van der Waals surface area contributed by atoms with Gasteiger partial charge in [-0.1, -0.05) is 18.5 Å². The Bertz CT molecular complexity index is 1290. The van der Waals surface area contributed by atoms with Gasteiger partial charge in [0.25, 0.3) is 0 Å². The number of benzene rings is 1. The Labute approximate surface area is 209 Å². The maximum absolute atomic E-state index is 11.8. The van der Waals surface area contributed by atoms with Crippen molar-refractivity contribution in [3.05, 3.63) is 53.6 Å². The fraction of sp³-hybridized carbons (Fsp3) is 0.304. The highest BCUT2D eigenvalue weighted by Gasteiger charge is 2.12. The number of nitrogens with zero attached hydrogens (tertiary/aromatic N) is 5. The first-order valence-corrected chi connectivity index (χ1v) is 12.9. The summed E-state index contributed by atoms with van der Waals surface area (Å²) >= 11 is 5.85. The van der Waals surface area contributed by atoms with Crippen LogP contribution in [0.1, 0.15) is 19.0 Å². The standard InChI is InChI=1S/C23H26ClN5O5S/c1-4-35(31,32)9-5-8-34-21-7-6-20(11-22(21)33-3)28(16-30)15-27-29-14-18(10-17(29)2)23-25-12-19(24)13-26-23/h6-7,10-16H,4-5,8-9H2,1-3H3/b27-15-. The first-order valence-electron chi connectivity index (χ1n) is 10.7. The van der Waals surface area contributed by atoms with E-state index in [-0.39, 0.29) is 18.1 Å².